The van der Waals surface area contributed by atoms with Gasteiger partial charge in [0.15, 0.2) is 0 Å². The molecule has 3 aliphatic carbocycles. The van der Waals surface area contributed by atoms with Crippen LogP contribution in [0.5, 0.6) is 0 Å². The molecule has 22 heavy (non-hydrogen) atoms. The van der Waals surface area contributed by atoms with Crippen LogP contribution in [0.15, 0.2) is 36.4 Å². The van der Waals surface area contributed by atoms with Crippen molar-refractivity contribution in [2.24, 2.45) is 29.1 Å². The summed E-state index contributed by atoms with van der Waals surface area (Å²) in [4.78, 5) is 27.1. The second-order valence-electron chi connectivity index (χ2n) is 7.11. The van der Waals surface area contributed by atoms with Gasteiger partial charge in [-0.3, -0.25) is 14.5 Å². The van der Waals surface area contributed by atoms with Gasteiger partial charge in [0.1, 0.15) is 0 Å². The molecule has 2 bridgehead atoms. The number of hydrogen-bond acceptors (Lipinski definition) is 2. The van der Waals surface area contributed by atoms with E-state index in [0.717, 1.165) is 5.56 Å². The van der Waals surface area contributed by atoms with Crippen molar-refractivity contribution < 1.29 is 9.59 Å². The number of halogens is 1. The Labute approximate surface area is 133 Å². The van der Waals surface area contributed by atoms with Crippen molar-refractivity contribution in [1.29, 1.82) is 0 Å². The van der Waals surface area contributed by atoms with Gasteiger partial charge in [0.05, 0.1) is 18.4 Å². The van der Waals surface area contributed by atoms with E-state index in [1.807, 2.05) is 12.1 Å². The van der Waals surface area contributed by atoms with Gasteiger partial charge in [-0.05, 0) is 47.8 Å². The Morgan fingerprint density at radius 1 is 1.00 bits per heavy atom. The molecule has 0 unspecified atom stereocenters. The third-order valence-electron chi connectivity index (χ3n) is 6.20. The molecular formula is C18H16ClNO2. The quantitative estimate of drug-likeness (QED) is 0.621. The van der Waals surface area contributed by atoms with E-state index < -0.39 is 0 Å². The largest absolute Gasteiger partial charge is 0.278 e. The number of nitrogens with zero attached hydrogens (tertiary/aromatic N) is 1. The zero-order valence-corrected chi connectivity index (χ0v) is 12.8. The summed E-state index contributed by atoms with van der Waals surface area (Å²) in [5, 5.41) is 0.664. The molecule has 1 heterocycles. The number of benzene rings is 1. The SMILES string of the molecule is O=C1[C@@H]2[C@H](C(=O)N1Cc1ccc(Cl)cc1)[C@H]1C=C[C@H]2C12CC2. The van der Waals surface area contributed by atoms with Gasteiger partial charge in [0, 0.05) is 5.02 Å². The van der Waals surface area contributed by atoms with Crippen LogP contribution in [-0.4, -0.2) is 16.7 Å². The summed E-state index contributed by atoms with van der Waals surface area (Å²) >= 11 is 5.89. The second-order valence-corrected chi connectivity index (χ2v) is 7.55. The summed E-state index contributed by atoms with van der Waals surface area (Å²) < 4.78 is 0. The highest BCUT2D eigenvalue weighted by Crippen LogP contribution is 2.73. The average molecular weight is 314 g/mol. The minimum Gasteiger partial charge on any atom is -0.278 e. The zero-order chi connectivity index (χ0) is 15.1. The molecule has 1 aromatic rings. The Hall–Kier alpha value is -1.61. The molecule has 4 atom stereocenters. The van der Waals surface area contributed by atoms with Crippen molar-refractivity contribution in [3.8, 4) is 0 Å². The monoisotopic (exact) mass is 313 g/mol. The van der Waals surface area contributed by atoms with Crippen molar-refractivity contribution in [3.05, 3.63) is 47.0 Å². The normalized spacial score (nSPS) is 36.5. The number of fused-ring (bicyclic) bond motifs is 3. The lowest BCUT2D eigenvalue weighted by Crippen LogP contribution is -2.34. The maximum atomic E-state index is 12.8. The number of allylic oxidation sites excluding steroid dienone is 2. The predicted octanol–water partition coefficient (Wildman–Crippen LogP) is 3.04. The summed E-state index contributed by atoms with van der Waals surface area (Å²) in [7, 11) is 0. The van der Waals surface area contributed by atoms with Crippen LogP contribution in [0.2, 0.25) is 5.02 Å². The summed E-state index contributed by atoms with van der Waals surface area (Å²) in [6.45, 7) is 0.369. The number of carbonyl (C=O) groups excluding carboxylic acids is 2. The number of hydrogen-bond donors (Lipinski definition) is 0. The highest BCUT2D eigenvalue weighted by molar-refractivity contribution is 6.30. The van der Waals surface area contributed by atoms with Gasteiger partial charge >= 0.3 is 0 Å². The van der Waals surface area contributed by atoms with E-state index in [4.69, 9.17) is 11.6 Å². The van der Waals surface area contributed by atoms with Crippen LogP contribution in [0.4, 0.5) is 0 Å². The Bertz CT molecular complexity index is 685. The van der Waals surface area contributed by atoms with Crippen molar-refractivity contribution in [2.75, 3.05) is 0 Å². The summed E-state index contributed by atoms with van der Waals surface area (Å²) in [6, 6.07) is 7.36. The fourth-order valence-corrected chi connectivity index (χ4v) is 5.19. The minimum atomic E-state index is -0.0997. The topological polar surface area (TPSA) is 37.4 Å². The first-order valence-electron chi connectivity index (χ1n) is 7.90. The third-order valence-corrected chi connectivity index (χ3v) is 6.45. The first-order chi connectivity index (χ1) is 10.6. The number of amides is 2. The van der Waals surface area contributed by atoms with Gasteiger partial charge in [-0.1, -0.05) is 35.9 Å². The van der Waals surface area contributed by atoms with Crippen LogP contribution < -0.4 is 0 Å². The van der Waals surface area contributed by atoms with Crippen molar-refractivity contribution in [1.82, 2.24) is 4.90 Å². The molecule has 4 heteroatoms. The van der Waals surface area contributed by atoms with Crippen LogP contribution in [0.25, 0.3) is 0 Å². The minimum absolute atomic E-state index is 0.0353. The lowest BCUT2D eigenvalue weighted by molar-refractivity contribution is -0.141. The molecule has 1 aromatic carbocycles. The molecule has 0 aromatic heterocycles. The number of carbonyl (C=O) groups is 2. The van der Waals surface area contributed by atoms with Gasteiger partial charge in [0.25, 0.3) is 0 Å². The maximum absolute atomic E-state index is 12.8. The van der Waals surface area contributed by atoms with E-state index in [9.17, 15) is 9.59 Å². The zero-order valence-electron chi connectivity index (χ0n) is 12.0. The second kappa shape index (κ2) is 4.02. The van der Waals surface area contributed by atoms with Crippen LogP contribution in [0.1, 0.15) is 18.4 Å². The molecule has 0 N–H and O–H groups in total. The summed E-state index contributed by atoms with van der Waals surface area (Å²) in [5.41, 5.74) is 1.22. The highest BCUT2D eigenvalue weighted by atomic mass is 35.5. The summed E-state index contributed by atoms with van der Waals surface area (Å²) in [6.07, 6.45) is 6.77. The van der Waals surface area contributed by atoms with E-state index in [0.29, 0.717) is 23.4 Å². The maximum Gasteiger partial charge on any atom is 0.234 e. The molecule has 3 fully saturated rings. The first kappa shape index (κ1) is 12.9. The van der Waals surface area contributed by atoms with Gasteiger partial charge in [-0.2, -0.15) is 0 Å². The van der Waals surface area contributed by atoms with Gasteiger partial charge in [0.2, 0.25) is 11.8 Å². The molecule has 2 saturated carbocycles. The number of imide groups is 1. The Kier molecular flexibility index (Phi) is 2.35. The van der Waals surface area contributed by atoms with Crippen LogP contribution in [-0.2, 0) is 16.1 Å². The molecule has 5 rings (SSSR count). The van der Waals surface area contributed by atoms with Gasteiger partial charge in [-0.25, -0.2) is 0 Å². The fraction of sp³-hybridized carbons (Fsp3) is 0.444. The van der Waals surface area contributed by atoms with Crippen LogP contribution in [0.3, 0.4) is 0 Å². The van der Waals surface area contributed by atoms with Crippen LogP contribution >= 0.6 is 11.6 Å². The van der Waals surface area contributed by atoms with E-state index in [1.165, 1.54) is 17.7 Å². The Morgan fingerprint density at radius 2 is 1.55 bits per heavy atom. The van der Waals surface area contributed by atoms with E-state index in [2.05, 4.69) is 12.2 Å². The van der Waals surface area contributed by atoms with Crippen LogP contribution in [0, 0.1) is 29.1 Å². The standard InChI is InChI=1S/C18H16ClNO2/c19-11-3-1-10(2-4-11)9-20-16(21)14-12-5-6-13(15(14)17(20)22)18(12)7-8-18/h1-6,12-15H,7-9H2/t12-,13-,14-,15+/m1/s1. The third kappa shape index (κ3) is 1.43. The van der Waals surface area contributed by atoms with E-state index in [1.54, 1.807) is 12.1 Å². The molecule has 2 amide bonds. The molecule has 112 valence electrons. The molecule has 1 aliphatic heterocycles. The lowest BCUT2D eigenvalue weighted by Gasteiger charge is -2.21. The molecule has 0 radical (unpaired) electrons. The highest BCUT2D eigenvalue weighted by Gasteiger charge is 2.73. The van der Waals surface area contributed by atoms with Crippen molar-refractivity contribution in [3.63, 3.8) is 0 Å². The number of likely N-dealkylation sites (tertiary alicyclic amines) is 1. The molecule has 1 spiro atoms. The molecule has 4 aliphatic rings. The summed E-state index contributed by atoms with van der Waals surface area (Å²) in [5.74, 6) is 0.471. The number of rotatable bonds is 2. The smallest absolute Gasteiger partial charge is 0.234 e. The van der Waals surface area contributed by atoms with Crippen molar-refractivity contribution >= 4 is 23.4 Å². The molecule has 3 nitrogen and oxygen atoms in total. The Morgan fingerprint density at radius 3 is 2.05 bits per heavy atom. The molecule has 1 saturated heterocycles. The fourth-order valence-electron chi connectivity index (χ4n) is 5.07. The molecular weight excluding hydrogens is 298 g/mol. The first-order valence-corrected chi connectivity index (χ1v) is 8.28. The van der Waals surface area contributed by atoms with Gasteiger partial charge < -0.3 is 0 Å². The van der Waals surface area contributed by atoms with Crippen molar-refractivity contribution in [2.45, 2.75) is 19.4 Å². The van der Waals surface area contributed by atoms with E-state index in [-0.39, 0.29) is 29.1 Å². The average Bonchev–Trinajstić information content (AvgIpc) is 3.12. The van der Waals surface area contributed by atoms with Gasteiger partial charge in [-0.15, -0.1) is 0 Å². The Balaban J connectivity index is 1.45. The lowest BCUT2D eigenvalue weighted by atomic mass is 9.85. The van der Waals surface area contributed by atoms with E-state index >= 15 is 0 Å². The predicted molar refractivity (Wildman–Crippen MR) is 81.8 cm³/mol.